The summed E-state index contributed by atoms with van der Waals surface area (Å²) in [6.07, 6.45) is 1.85. The summed E-state index contributed by atoms with van der Waals surface area (Å²) in [5, 5.41) is 13.6. The van der Waals surface area contributed by atoms with Crippen LogP contribution >= 0.6 is 0 Å². The van der Waals surface area contributed by atoms with Crippen LogP contribution in [0.5, 0.6) is 11.5 Å². The molecule has 3 heterocycles. The predicted octanol–water partition coefficient (Wildman–Crippen LogP) is 1.84. The maximum Gasteiger partial charge on any atom is 0.254 e. The third-order valence-electron chi connectivity index (χ3n) is 7.69. The molecule has 0 saturated carbocycles. The van der Waals surface area contributed by atoms with Gasteiger partial charge in [-0.15, -0.1) is 0 Å². The largest absolute Gasteiger partial charge is 0.454 e. The third-order valence-corrected chi connectivity index (χ3v) is 7.69. The van der Waals surface area contributed by atoms with Crippen LogP contribution in [0.2, 0.25) is 0 Å². The number of nitrogens with zero attached hydrogens (tertiary/aromatic N) is 1. The van der Waals surface area contributed by atoms with Gasteiger partial charge in [0.2, 0.25) is 12.7 Å². The van der Waals surface area contributed by atoms with E-state index >= 15 is 0 Å². The number of aliphatic hydroxyl groups is 1. The zero-order valence-electron chi connectivity index (χ0n) is 20.6. The Balaban J connectivity index is 1.10. The Morgan fingerprint density at radius 2 is 1.78 bits per heavy atom. The fraction of sp³-hybridized carbons (Fsp3) is 0.500. The lowest BCUT2D eigenvalue weighted by atomic mass is 9.94. The Bertz CT molecular complexity index is 1150. The van der Waals surface area contributed by atoms with Gasteiger partial charge < -0.3 is 34.3 Å². The number of aliphatic hydroxyl groups excluding tert-OH is 1. The second-order valence-corrected chi connectivity index (χ2v) is 10.3. The highest BCUT2D eigenvalue weighted by Gasteiger charge is 2.40. The average molecular weight is 509 g/mol. The number of β-amino-alcohol motifs (C(OH)–C–C–N with tert-alkyl or cyclic N) is 1. The second-order valence-electron chi connectivity index (χ2n) is 10.3. The van der Waals surface area contributed by atoms with Crippen LogP contribution in [0.25, 0.3) is 0 Å². The Kier molecular flexibility index (Phi) is 6.75. The molecule has 2 fully saturated rings. The fourth-order valence-corrected chi connectivity index (χ4v) is 5.92. The minimum absolute atomic E-state index is 0.0169. The molecule has 37 heavy (non-hydrogen) atoms. The van der Waals surface area contributed by atoms with Gasteiger partial charge in [-0.25, -0.2) is 0 Å². The van der Waals surface area contributed by atoms with Crippen molar-refractivity contribution in [3.8, 4) is 11.5 Å². The van der Waals surface area contributed by atoms with Crippen molar-refractivity contribution in [3.63, 3.8) is 0 Å². The number of hydrogen-bond acceptors (Lipinski definition) is 7. The molecule has 0 radical (unpaired) electrons. The number of carbonyl (C=O) groups is 2. The Morgan fingerprint density at radius 1 is 1.00 bits per heavy atom. The number of nitrogens with one attached hydrogen (secondary N) is 1. The van der Waals surface area contributed by atoms with E-state index in [2.05, 4.69) is 17.4 Å². The molecule has 2 N–H and O–H groups in total. The van der Waals surface area contributed by atoms with Crippen LogP contribution in [-0.2, 0) is 27.1 Å². The second kappa shape index (κ2) is 10.3. The minimum atomic E-state index is -0.794. The first-order valence-corrected chi connectivity index (χ1v) is 13.0. The van der Waals surface area contributed by atoms with Crippen molar-refractivity contribution in [2.24, 2.45) is 0 Å². The first kappa shape index (κ1) is 24.2. The molecule has 196 valence electrons. The lowest BCUT2D eigenvalue weighted by molar-refractivity contribution is -0.151. The molecule has 0 spiro atoms. The van der Waals surface area contributed by atoms with Crippen molar-refractivity contribution in [2.45, 2.75) is 62.5 Å². The monoisotopic (exact) mass is 508 g/mol. The molecular weight excluding hydrogens is 476 g/mol. The smallest absolute Gasteiger partial charge is 0.254 e. The summed E-state index contributed by atoms with van der Waals surface area (Å²) < 4.78 is 22.8. The van der Waals surface area contributed by atoms with Crippen molar-refractivity contribution in [1.82, 2.24) is 10.2 Å². The summed E-state index contributed by atoms with van der Waals surface area (Å²) in [4.78, 5) is 28.1. The SMILES string of the molecule is O=C(C[C@@H]1CC[C@H]2[C@@H](COC[C@@H](O)CN2C(=O)c2ccc3c(c2)OCO3)O1)NC1Cc2ccccc2C1. The van der Waals surface area contributed by atoms with Gasteiger partial charge in [0.1, 0.15) is 6.10 Å². The summed E-state index contributed by atoms with van der Waals surface area (Å²) >= 11 is 0. The minimum Gasteiger partial charge on any atom is -0.454 e. The Labute approximate surface area is 215 Å². The highest BCUT2D eigenvalue weighted by atomic mass is 16.7. The van der Waals surface area contributed by atoms with Gasteiger partial charge >= 0.3 is 0 Å². The van der Waals surface area contributed by atoms with Gasteiger partial charge in [0.15, 0.2) is 11.5 Å². The van der Waals surface area contributed by atoms with E-state index in [1.54, 1.807) is 23.1 Å². The van der Waals surface area contributed by atoms with E-state index in [0.717, 1.165) is 12.8 Å². The maximum atomic E-state index is 13.6. The maximum absolute atomic E-state index is 13.6. The number of hydrogen-bond donors (Lipinski definition) is 2. The number of amides is 2. The number of rotatable bonds is 4. The first-order valence-electron chi connectivity index (χ1n) is 13.0. The molecule has 1 aliphatic carbocycles. The van der Waals surface area contributed by atoms with E-state index in [1.807, 2.05) is 12.1 Å². The lowest BCUT2D eigenvalue weighted by Crippen LogP contribution is -2.57. The lowest BCUT2D eigenvalue weighted by Gasteiger charge is -2.44. The van der Waals surface area contributed by atoms with Gasteiger partial charge in [-0.2, -0.15) is 0 Å². The summed E-state index contributed by atoms with van der Waals surface area (Å²) in [6, 6.07) is 13.3. The van der Waals surface area contributed by atoms with Crippen LogP contribution in [0.1, 0.15) is 40.7 Å². The normalized spacial score (nSPS) is 27.1. The molecule has 0 aromatic heterocycles. The van der Waals surface area contributed by atoms with Crippen molar-refractivity contribution in [1.29, 1.82) is 0 Å². The molecule has 3 aliphatic heterocycles. The quantitative estimate of drug-likeness (QED) is 0.649. The van der Waals surface area contributed by atoms with Crippen LogP contribution in [0, 0.1) is 0 Å². The average Bonchev–Trinajstić information content (AvgIpc) is 3.52. The van der Waals surface area contributed by atoms with E-state index in [9.17, 15) is 14.7 Å². The summed E-state index contributed by atoms with van der Waals surface area (Å²) in [7, 11) is 0. The molecule has 6 rings (SSSR count). The van der Waals surface area contributed by atoms with E-state index in [0.29, 0.717) is 29.9 Å². The fourth-order valence-electron chi connectivity index (χ4n) is 5.92. The summed E-state index contributed by atoms with van der Waals surface area (Å²) in [5.41, 5.74) is 3.06. The first-order chi connectivity index (χ1) is 18.0. The van der Waals surface area contributed by atoms with Crippen molar-refractivity contribution in [2.75, 3.05) is 26.6 Å². The number of benzene rings is 2. The van der Waals surface area contributed by atoms with E-state index in [1.165, 1.54) is 11.1 Å². The van der Waals surface area contributed by atoms with Crippen molar-refractivity contribution < 1.29 is 33.6 Å². The summed E-state index contributed by atoms with van der Waals surface area (Å²) in [6.45, 7) is 0.646. The number of ether oxygens (including phenoxy) is 4. The van der Waals surface area contributed by atoms with Crippen LogP contribution < -0.4 is 14.8 Å². The molecular formula is C28H32N2O7. The molecule has 4 atom stereocenters. The zero-order chi connectivity index (χ0) is 25.4. The van der Waals surface area contributed by atoms with Gasteiger partial charge in [0.25, 0.3) is 5.91 Å². The molecule has 2 saturated heterocycles. The molecule has 9 nitrogen and oxygen atoms in total. The van der Waals surface area contributed by atoms with E-state index in [-0.39, 0.29) is 69.1 Å². The Morgan fingerprint density at radius 3 is 2.59 bits per heavy atom. The predicted molar refractivity (Wildman–Crippen MR) is 133 cm³/mol. The van der Waals surface area contributed by atoms with Gasteiger partial charge in [-0.3, -0.25) is 9.59 Å². The molecule has 0 unspecified atom stereocenters. The van der Waals surface area contributed by atoms with Gasteiger partial charge in [0.05, 0.1) is 37.9 Å². The van der Waals surface area contributed by atoms with Gasteiger partial charge in [0, 0.05) is 18.2 Å². The van der Waals surface area contributed by atoms with Crippen LogP contribution in [0.15, 0.2) is 42.5 Å². The van der Waals surface area contributed by atoms with Gasteiger partial charge in [-0.05, 0) is 55.0 Å². The summed E-state index contributed by atoms with van der Waals surface area (Å²) in [5.74, 6) is 0.931. The van der Waals surface area contributed by atoms with Crippen LogP contribution in [0.4, 0.5) is 0 Å². The van der Waals surface area contributed by atoms with E-state index < -0.39 is 6.10 Å². The van der Waals surface area contributed by atoms with Crippen molar-refractivity contribution >= 4 is 11.8 Å². The standard InChI is InChI=1S/C28H32N2O7/c31-21-13-30(28(33)19-5-8-24-25(11-19)36-16-35-24)23-7-6-22(37-26(23)15-34-14-21)12-27(32)29-20-9-17-3-1-2-4-18(17)10-20/h1-5,8,11,20-23,26,31H,6-7,9-10,12-16H2,(H,29,32)/t21-,22-,23-,26+/m0/s1. The number of fused-ring (bicyclic) bond motifs is 3. The molecule has 2 amide bonds. The molecule has 2 aromatic rings. The molecule has 2 aromatic carbocycles. The molecule has 9 heteroatoms. The molecule has 0 bridgehead atoms. The van der Waals surface area contributed by atoms with Gasteiger partial charge in [-0.1, -0.05) is 24.3 Å². The van der Waals surface area contributed by atoms with E-state index in [4.69, 9.17) is 18.9 Å². The van der Waals surface area contributed by atoms with Crippen LogP contribution in [-0.4, -0.2) is 78.8 Å². The zero-order valence-corrected chi connectivity index (χ0v) is 20.6. The van der Waals surface area contributed by atoms with Crippen molar-refractivity contribution in [3.05, 3.63) is 59.2 Å². The number of carbonyl (C=O) groups excluding carboxylic acids is 2. The topological polar surface area (TPSA) is 107 Å². The highest BCUT2D eigenvalue weighted by molar-refractivity contribution is 5.95. The third kappa shape index (κ3) is 5.16. The van der Waals surface area contributed by atoms with Crippen LogP contribution in [0.3, 0.4) is 0 Å². The molecule has 4 aliphatic rings. The highest BCUT2D eigenvalue weighted by Crippen LogP contribution is 2.34. The Hall–Kier alpha value is -3.14.